The van der Waals surface area contributed by atoms with Gasteiger partial charge in [0.25, 0.3) is 0 Å². The minimum atomic E-state index is -2.53. The Balaban J connectivity index is 2.12. The van der Waals surface area contributed by atoms with Crippen LogP contribution in [0.1, 0.15) is 69.2 Å². The van der Waals surface area contributed by atoms with Gasteiger partial charge in [-0.2, -0.15) is 0 Å². The van der Waals surface area contributed by atoms with Crippen LogP contribution in [0.25, 0.3) is 0 Å². The second kappa shape index (κ2) is 10.3. The number of hydrogen-bond donors (Lipinski definition) is 0. The van der Waals surface area contributed by atoms with Gasteiger partial charge in [0.05, 0.1) is 17.8 Å². The molecular formula is C31H49BO3Si2. The van der Waals surface area contributed by atoms with E-state index in [-0.39, 0.29) is 21.3 Å². The summed E-state index contributed by atoms with van der Waals surface area (Å²) >= 11 is 0. The first-order valence-corrected chi connectivity index (χ1v) is 18.6. The normalized spacial score (nSPS) is 18.8. The Labute approximate surface area is 229 Å². The molecule has 0 atom stereocenters. The fraction of sp³-hybridized carbons (Fsp3) is 0.548. The summed E-state index contributed by atoms with van der Waals surface area (Å²) in [6, 6.07) is 21.9. The van der Waals surface area contributed by atoms with Gasteiger partial charge in [-0.15, -0.1) is 0 Å². The molecule has 202 valence electrons. The first-order chi connectivity index (χ1) is 16.9. The van der Waals surface area contributed by atoms with E-state index in [4.69, 9.17) is 13.7 Å². The van der Waals surface area contributed by atoms with E-state index < -0.39 is 23.5 Å². The molecule has 0 saturated carbocycles. The van der Waals surface area contributed by atoms with Crippen molar-refractivity contribution in [3.05, 3.63) is 71.8 Å². The summed E-state index contributed by atoms with van der Waals surface area (Å²) in [6.45, 7) is 28.0. The lowest BCUT2D eigenvalue weighted by molar-refractivity contribution is 0.00578. The Kier molecular flexibility index (Phi) is 8.36. The average Bonchev–Trinajstić information content (AvgIpc) is 2.98. The lowest BCUT2D eigenvalue weighted by atomic mass is 9.90. The third-order valence-corrected chi connectivity index (χ3v) is 18.3. The summed E-state index contributed by atoms with van der Waals surface area (Å²) in [5.41, 5.74) is -0.754. The van der Waals surface area contributed by atoms with Crippen LogP contribution in [0.5, 0.6) is 0 Å². The lowest BCUT2D eigenvalue weighted by Crippen LogP contribution is -2.64. The second-order valence-corrected chi connectivity index (χ2v) is 23.8. The molecule has 0 N–H and O–H groups in total. The van der Waals surface area contributed by atoms with Crippen molar-refractivity contribution in [2.75, 3.05) is 6.61 Å². The maximum Gasteiger partial charge on any atom is 0.486 e. The van der Waals surface area contributed by atoms with Gasteiger partial charge in [-0.05, 0) is 43.0 Å². The van der Waals surface area contributed by atoms with E-state index in [0.717, 1.165) is 0 Å². The van der Waals surface area contributed by atoms with Crippen LogP contribution >= 0.6 is 0 Å². The van der Waals surface area contributed by atoms with Gasteiger partial charge >= 0.3 is 7.12 Å². The molecular weight excluding hydrogens is 487 g/mol. The summed E-state index contributed by atoms with van der Waals surface area (Å²) in [5.74, 6) is 2.24. The van der Waals surface area contributed by atoms with Gasteiger partial charge in [0, 0.05) is 0 Å². The zero-order chi connectivity index (χ0) is 27.9. The van der Waals surface area contributed by atoms with Crippen LogP contribution in [0.3, 0.4) is 0 Å². The van der Waals surface area contributed by atoms with E-state index in [9.17, 15) is 0 Å². The van der Waals surface area contributed by atoms with E-state index in [0.29, 0.717) is 6.61 Å². The van der Waals surface area contributed by atoms with Crippen LogP contribution in [-0.2, 0) is 13.7 Å². The summed E-state index contributed by atoms with van der Waals surface area (Å²) in [7, 11) is -5.01. The van der Waals surface area contributed by atoms with Gasteiger partial charge < -0.3 is 13.7 Å². The average molecular weight is 537 g/mol. The zero-order valence-electron chi connectivity index (χ0n) is 25.4. The molecule has 37 heavy (non-hydrogen) atoms. The molecule has 1 fully saturated rings. The summed E-state index contributed by atoms with van der Waals surface area (Å²) in [4.78, 5) is 0. The third kappa shape index (κ3) is 5.79. The highest BCUT2D eigenvalue weighted by molar-refractivity contribution is 6.96. The van der Waals surface area contributed by atoms with Crippen molar-refractivity contribution in [3.63, 3.8) is 0 Å². The maximum absolute atomic E-state index is 7.42. The Morgan fingerprint density at radius 2 is 1.16 bits per heavy atom. The predicted octanol–water partition coefficient (Wildman–Crippen LogP) is 7.17. The fourth-order valence-electron chi connectivity index (χ4n) is 5.96. The number of benzene rings is 2. The van der Waals surface area contributed by atoms with E-state index in [1.165, 1.54) is 15.6 Å². The largest absolute Gasteiger partial charge is 0.486 e. The van der Waals surface area contributed by atoms with Gasteiger partial charge in [-0.1, -0.05) is 132 Å². The van der Waals surface area contributed by atoms with Crippen molar-refractivity contribution in [1.82, 2.24) is 0 Å². The maximum atomic E-state index is 7.42. The number of hydrogen-bond acceptors (Lipinski definition) is 3. The molecule has 0 spiro atoms. The van der Waals surface area contributed by atoms with Gasteiger partial charge in [-0.3, -0.25) is 0 Å². The standard InChI is InChI=1S/C31H49BO3Si2/c1-28(2,3)37(29(4,5)6,26-21-17-14-18-22-26)33-24-27(36(11,12)25-19-15-13-16-20-25)23-32-34-30(7,8)31(9,10)35-32/h13-23H,24H2,1-12H3/b27-23-. The molecule has 1 aliphatic heterocycles. The molecule has 1 aliphatic rings. The molecule has 3 rings (SSSR count). The Morgan fingerprint density at radius 3 is 1.57 bits per heavy atom. The summed E-state index contributed by atoms with van der Waals surface area (Å²) < 4.78 is 20.3. The molecule has 0 bridgehead atoms. The van der Waals surface area contributed by atoms with Crippen molar-refractivity contribution < 1.29 is 13.7 Å². The quantitative estimate of drug-likeness (QED) is 0.351. The highest BCUT2D eigenvalue weighted by Crippen LogP contribution is 2.51. The van der Waals surface area contributed by atoms with Crippen LogP contribution < -0.4 is 10.4 Å². The summed E-state index contributed by atoms with van der Waals surface area (Å²) in [6.07, 6.45) is 0. The molecule has 3 nitrogen and oxygen atoms in total. The molecule has 0 radical (unpaired) electrons. The molecule has 1 heterocycles. The van der Waals surface area contributed by atoms with Gasteiger partial charge in [0.15, 0.2) is 0 Å². The highest BCUT2D eigenvalue weighted by atomic mass is 28.4. The van der Waals surface area contributed by atoms with Crippen molar-refractivity contribution >= 4 is 33.9 Å². The van der Waals surface area contributed by atoms with Gasteiger partial charge in [0.2, 0.25) is 8.32 Å². The van der Waals surface area contributed by atoms with Crippen LogP contribution in [-0.4, -0.2) is 41.3 Å². The molecule has 0 aliphatic carbocycles. The monoisotopic (exact) mass is 536 g/mol. The Hall–Kier alpha value is -1.44. The van der Waals surface area contributed by atoms with Crippen LogP contribution in [0.2, 0.25) is 23.2 Å². The first-order valence-electron chi connectivity index (χ1n) is 13.7. The predicted molar refractivity (Wildman–Crippen MR) is 165 cm³/mol. The van der Waals surface area contributed by atoms with E-state index >= 15 is 0 Å². The molecule has 1 saturated heterocycles. The molecule has 0 amide bonds. The van der Waals surface area contributed by atoms with Crippen molar-refractivity contribution in [3.8, 4) is 0 Å². The van der Waals surface area contributed by atoms with Gasteiger partial charge in [0.1, 0.15) is 8.07 Å². The Bertz CT molecular complexity index is 1050. The van der Waals surface area contributed by atoms with Crippen LogP contribution in [0, 0.1) is 0 Å². The van der Waals surface area contributed by atoms with Crippen LogP contribution in [0.15, 0.2) is 71.8 Å². The molecule has 2 aromatic carbocycles. The molecule has 0 unspecified atom stereocenters. The third-order valence-electron chi connectivity index (χ3n) is 8.64. The highest BCUT2D eigenvalue weighted by Gasteiger charge is 2.57. The van der Waals surface area contributed by atoms with Gasteiger partial charge in [-0.25, -0.2) is 0 Å². The van der Waals surface area contributed by atoms with E-state index in [1.807, 2.05) is 0 Å². The minimum absolute atomic E-state index is 0.0134. The van der Waals surface area contributed by atoms with Crippen molar-refractivity contribution in [2.45, 2.75) is 104 Å². The molecule has 2 aromatic rings. The molecule has 6 heteroatoms. The minimum Gasteiger partial charge on any atom is -0.408 e. The summed E-state index contributed by atoms with van der Waals surface area (Å²) in [5, 5.41) is 4.03. The molecule has 0 aromatic heterocycles. The zero-order valence-corrected chi connectivity index (χ0v) is 27.4. The second-order valence-electron chi connectivity index (χ2n) is 14.1. The topological polar surface area (TPSA) is 27.7 Å². The Morgan fingerprint density at radius 1 is 0.757 bits per heavy atom. The SMILES string of the molecule is CC1(C)OB(/C=C(/CO[Si](c2ccccc2)(C(C)(C)C)C(C)(C)C)[Si](C)(C)c2ccccc2)OC1(C)C. The van der Waals surface area contributed by atoms with E-state index in [1.54, 1.807) is 0 Å². The smallest absolute Gasteiger partial charge is 0.408 e. The first kappa shape index (κ1) is 30.1. The van der Waals surface area contributed by atoms with Crippen molar-refractivity contribution in [1.29, 1.82) is 0 Å². The fourth-order valence-corrected chi connectivity index (χ4v) is 14.5. The van der Waals surface area contributed by atoms with E-state index in [2.05, 4.69) is 149 Å². The lowest BCUT2D eigenvalue weighted by Gasteiger charge is -2.51. The van der Waals surface area contributed by atoms with Crippen LogP contribution in [0.4, 0.5) is 0 Å². The van der Waals surface area contributed by atoms with Crippen molar-refractivity contribution in [2.24, 2.45) is 0 Å². The number of rotatable bonds is 7.